The summed E-state index contributed by atoms with van der Waals surface area (Å²) in [6, 6.07) is 15.3. The van der Waals surface area contributed by atoms with E-state index < -0.39 is 0 Å². The number of carbonyl (C=O) groups is 1. The molecule has 7 heteroatoms. The molecule has 0 saturated carbocycles. The van der Waals surface area contributed by atoms with Crippen LogP contribution in [0.15, 0.2) is 52.9 Å². The molecule has 0 spiro atoms. The van der Waals surface area contributed by atoms with E-state index in [0.717, 1.165) is 27.9 Å². The van der Waals surface area contributed by atoms with Gasteiger partial charge in [-0.05, 0) is 37.3 Å². The van der Waals surface area contributed by atoms with Crippen molar-refractivity contribution < 1.29 is 18.8 Å². The molecule has 0 radical (unpaired) electrons. The maximum atomic E-state index is 13.3. The predicted molar refractivity (Wildman–Crippen MR) is 116 cm³/mol. The highest BCUT2D eigenvalue weighted by Gasteiger charge is 2.25. The van der Waals surface area contributed by atoms with Crippen molar-refractivity contribution in [2.75, 3.05) is 38.7 Å². The fourth-order valence-corrected chi connectivity index (χ4v) is 4.12. The van der Waals surface area contributed by atoms with Gasteiger partial charge in [0, 0.05) is 5.39 Å². The van der Waals surface area contributed by atoms with Crippen LogP contribution in [0.1, 0.15) is 17.5 Å². The molecule has 1 N–H and O–H groups in total. The first kappa shape index (κ1) is 19.4. The zero-order chi connectivity index (χ0) is 20.4. The van der Waals surface area contributed by atoms with Gasteiger partial charge < -0.3 is 14.1 Å². The zero-order valence-corrected chi connectivity index (χ0v) is 17.6. The van der Waals surface area contributed by atoms with Crippen LogP contribution < -0.4 is 14.5 Å². The van der Waals surface area contributed by atoms with E-state index in [1.807, 2.05) is 49.4 Å². The van der Waals surface area contributed by atoms with Crippen molar-refractivity contribution in [3.63, 3.8) is 0 Å². The molecule has 0 atom stereocenters. The molecule has 29 heavy (non-hydrogen) atoms. The van der Waals surface area contributed by atoms with Gasteiger partial charge in [0.1, 0.15) is 11.3 Å². The number of nitrogens with zero attached hydrogens (tertiary/aromatic N) is 2. The number of hydrogen-bond acceptors (Lipinski definition) is 5. The molecule has 0 saturated heterocycles. The Morgan fingerprint density at radius 1 is 1.21 bits per heavy atom. The van der Waals surface area contributed by atoms with Crippen molar-refractivity contribution >= 4 is 43.6 Å². The van der Waals surface area contributed by atoms with Crippen LogP contribution in [0, 0.1) is 0 Å². The number of hydrogen-bond donors (Lipinski definition) is 1. The lowest BCUT2D eigenvalue weighted by atomic mass is 10.2. The molecule has 2 aromatic carbocycles. The number of furan rings is 1. The van der Waals surface area contributed by atoms with Gasteiger partial charge in [0.2, 0.25) is 0 Å². The van der Waals surface area contributed by atoms with E-state index in [1.165, 1.54) is 16.2 Å². The second kappa shape index (κ2) is 8.23. The Bertz CT molecular complexity index is 1120. The van der Waals surface area contributed by atoms with Crippen molar-refractivity contribution in [1.29, 1.82) is 0 Å². The Hall–Kier alpha value is -2.90. The molecule has 1 amide bonds. The first-order chi connectivity index (χ1) is 14.0. The number of fused-ring (bicyclic) bond motifs is 2. The molecule has 6 nitrogen and oxygen atoms in total. The van der Waals surface area contributed by atoms with Crippen LogP contribution in [0.4, 0.5) is 5.13 Å². The normalized spacial score (nSPS) is 11.4. The number of amides is 1. The van der Waals surface area contributed by atoms with Gasteiger partial charge in [-0.1, -0.05) is 29.5 Å². The zero-order valence-electron chi connectivity index (χ0n) is 16.8. The molecule has 150 valence electrons. The third-order valence-corrected chi connectivity index (χ3v) is 5.65. The molecule has 4 aromatic rings. The molecule has 0 aliphatic heterocycles. The van der Waals surface area contributed by atoms with Crippen molar-refractivity contribution in [3.05, 3.63) is 54.3 Å². The lowest BCUT2D eigenvalue weighted by Gasteiger charge is -2.19. The van der Waals surface area contributed by atoms with Crippen LogP contribution >= 0.6 is 11.3 Å². The third kappa shape index (κ3) is 4.11. The standard InChI is InChI=1S/C22H23N3O3S/c1-4-27-16-9-10-17-20(14-16)29-22(23-17)25(12-11-24(2)3)21(26)19-13-15-7-5-6-8-18(15)28-19/h5-10,13-14H,4,11-12H2,1-3H3/p+1. The van der Waals surface area contributed by atoms with E-state index in [2.05, 4.69) is 14.1 Å². The van der Waals surface area contributed by atoms with Gasteiger partial charge >= 0.3 is 0 Å². The molecule has 0 bridgehead atoms. The fraction of sp³-hybridized carbons (Fsp3) is 0.273. The molecule has 2 aromatic heterocycles. The minimum Gasteiger partial charge on any atom is -0.494 e. The summed E-state index contributed by atoms with van der Waals surface area (Å²) in [6.07, 6.45) is 0. The number of rotatable bonds is 7. The van der Waals surface area contributed by atoms with E-state index in [0.29, 0.717) is 29.6 Å². The van der Waals surface area contributed by atoms with Crippen LogP contribution in [-0.2, 0) is 0 Å². The lowest BCUT2D eigenvalue weighted by molar-refractivity contribution is -0.856. The summed E-state index contributed by atoms with van der Waals surface area (Å²) in [5.41, 5.74) is 1.56. The average molecular weight is 411 g/mol. The Morgan fingerprint density at radius 3 is 2.79 bits per heavy atom. The summed E-state index contributed by atoms with van der Waals surface area (Å²) >= 11 is 1.49. The Morgan fingerprint density at radius 2 is 2.03 bits per heavy atom. The molecular weight excluding hydrogens is 386 g/mol. The highest BCUT2D eigenvalue weighted by atomic mass is 32.1. The maximum Gasteiger partial charge on any atom is 0.296 e. The Labute approximate surface area is 173 Å². The summed E-state index contributed by atoms with van der Waals surface area (Å²) < 4.78 is 12.4. The minimum absolute atomic E-state index is 0.175. The van der Waals surface area contributed by atoms with Crippen LogP contribution in [0.25, 0.3) is 21.2 Å². The fourth-order valence-electron chi connectivity index (χ4n) is 3.10. The number of ether oxygens (including phenoxy) is 1. The predicted octanol–water partition coefficient (Wildman–Crippen LogP) is 3.23. The number of likely N-dealkylation sites (N-methyl/N-ethyl adjacent to an activating group) is 1. The molecule has 0 fully saturated rings. The van der Waals surface area contributed by atoms with Gasteiger partial charge in [-0.3, -0.25) is 9.69 Å². The molecular formula is C22H24N3O3S+. The highest BCUT2D eigenvalue weighted by Crippen LogP contribution is 2.32. The van der Waals surface area contributed by atoms with Crippen molar-refractivity contribution in [3.8, 4) is 5.75 Å². The molecule has 0 aliphatic carbocycles. The first-order valence-electron chi connectivity index (χ1n) is 9.68. The van der Waals surface area contributed by atoms with Crippen molar-refractivity contribution in [2.24, 2.45) is 0 Å². The maximum absolute atomic E-state index is 13.3. The van der Waals surface area contributed by atoms with Gasteiger partial charge in [0.05, 0.1) is 44.0 Å². The van der Waals surface area contributed by atoms with Gasteiger partial charge in [-0.25, -0.2) is 4.98 Å². The summed E-state index contributed by atoms with van der Waals surface area (Å²) in [7, 11) is 4.13. The SMILES string of the molecule is CCOc1ccc2nc(N(CC[NH+](C)C)C(=O)c3cc4ccccc4o3)sc2c1. The summed E-state index contributed by atoms with van der Waals surface area (Å²) in [5, 5.41) is 1.58. The quantitative estimate of drug-likeness (QED) is 0.508. The van der Waals surface area contributed by atoms with E-state index in [9.17, 15) is 4.79 Å². The van der Waals surface area contributed by atoms with Crippen LogP contribution in [0.3, 0.4) is 0 Å². The number of carbonyl (C=O) groups excluding carboxylic acids is 1. The van der Waals surface area contributed by atoms with E-state index >= 15 is 0 Å². The van der Waals surface area contributed by atoms with Crippen molar-refractivity contribution in [2.45, 2.75) is 6.92 Å². The van der Waals surface area contributed by atoms with Crippen LogP contribution in [0.5, 0.6) is 5.75 Å². The molecule has 2 heterocycles. The Balaban J connectivity index is 1.70. The smallest absolute Gasteiger partial charge is 0.296 e. The minimum atomic E-state index is -0.175. The third-order valence-electron chi connectivity index (χ3n) is 4.61. The van der Waals surface area contributed by atoms with Gasteiger partial charge in [0.25, 0.3) is 5.91 Å². The number of quaternary nitrogens is 1. The Kier molecular flexibility index (Phi) is 5.51. The second-order valence-corrected chi connectivity index (χ2v) is 8.13. The number of anilines is 1. The highest BCUT2D eigenvalue weighted by molar-refractivity contribution is 7.22. The first-order valence-corrected chi connectivity index (χ1v) is 10.5. The second-order valence-electron chi connectivity index (χ2n) is 7.12. The number of para-hydroxylation sites is 1. The number of aromatic nitrogens is 1. The summed E-state index contributed by atoms with van der Waals surface area (Å²) in [4.78, 5) is 21.0. The largest absolute Gasteiger partial charge is 0.494 e. The monoisotopic (exact) mass is 410 g/mol. The van der Waals surface area contributed by atoms with Crippen LogP contribution in [-0.4, -0.2) is 44.7 Å². The topological polar surface area (TPSA) is 60.0 Å². The van der Waals surface area contributed by atoms with E-state index in [-0.39, 0.29) is 5.91 Å². The van der Waals surface area contributed by atoms with E-state index in [4.69, 9.17) is 14.1 Å². The molecule has 4 rings (SSSR count). The van der Waals surface area contributed by atoms with Crippen molar-refractivity contribution in [1.82, 2.24) is 4.98 Å². The number of nitrogens with one attached hydrogen (secondary N) is 1. The van der Waals surface area contributed by atoms with Gasteiger partial charge in [-0.15, -0.1) is 0 Å². The van der Waals surface area contributed by atoms with Crippen LogP contribution in [0.2, 0.25) is 0 Å². The lowest BCUT2D eigenvalue weighted by Crippen LogP contribution is -3.06. The summed E-state index contributed by atoms with van der Waals surface area (Å²) in [5.74, 6) is 0.962. The van der Waals surface area contributed by atoms with E-state index in [1.54, 1.807) is 11.0 Å². The molecule has 0 aliphatic rings. The summed E-state index contributed by atoms with van der Waals surface area (Å²) in [6.45, 7) is 3.92. The van der Waals surface area contributed by atoms with Gasteiger partial charge in [-0.2, -0.15) is 0 Å². The number of benzene rings is 2. The average Bonchev–Trinajstić information content (AvgIpc) is 3.31. The number of thiazole rings is 1. The molecule has 0 unspecified atom stereocenters. The van der Waals surface area contributed by atoms with Gasteiger partial charge in [0.15, 0.2) is 10.9 Å².